The summed E-state index contributed by atoms with van der Waals surface area (Å²) >= 11 is 0. The predicted octanol–water partition coefficient (Wildman–Crippen LogP) is 7.53. The molecule has 0 aliphatic heterocycles. The van der Waals surface area contributed by atoms with Crippen LogP contribution in [0.2, 0.25) is 12.1 Å². The third-order valence-electron chi connectivity index (χ3n) is 4.81. The van der Waals surface area contributed by atoms with Gasteiger partial charge in [-0.2, -0.15) is 0 Å². The van der Waals surface area contributed by atoms with Crippen LogP contribution in [0.5, 0.6) is 0 Å². The molecule has 0 aliphatic carbocycles. The lowest BCUT2D eigenvalue weighted by atomic mass is 10.1. The number of ether oxygens (including phenoxy) is 1. The van der Waals surface area contributed by atoms with Crippen LogP contribution >= 0.6 is 0 Å². The zero-order chi connectivity index (χ0) is 18.4. The summed E-state index contributed by atoms with van der Waals surface area (Å²) in [6.45, 7) is 9.36. The molecular formula is C22H47O2Si. The zero-order valence-electron chi connectivity index (χ0n) is 17.8. The Kier molecular flexibility index (Phi) is 22.3. The fourth-order valence-corrected chi connectivity index (χ4v) is 5.40. The van der Waals surface area contributed by atoms with Gasteiger partial charge in [-0.1, -0.05) is 90.9 Å². The predicted molar refractivity (Wildman–Crippen MR) is 114 cm³/mol. The molecule has 0 fully saturated rings. The van der Waals surface area contributed by atoms with E-state index < -0.39 is 9.04 Å². The van der Waals surface area contributed by atoms with Crippen molar-refractivity contribution < 1.29 is 9.16 Å². The van der Waals surface area contributed by atoms with E-state index in [1.807, 2.05) is 0 Å². The smallest absolute Gasteiger partial charge is 0.211 e. The van der Waals surface area contributed by atoms with Crippen molar-refractivity contribution in [3.8, 4) is 0 Å². The van der Waals surface area contributed by atoms with Gasteiger partial charge in [0.1, 0.15) is 0 Å². The molecule has 0 bridgehead atoms. The van der Waals surface area contributed by atoms with Gasteiger partial charge < -0.3 is 9.16 Å². The molecule has 0 aromatic heterocycles. The molecule has 0 spiro atoms. The van der Waals surface area contributed by atoms with Crippen molar-refractivity contribution in [3.05, 3.63) is 0 Å². The molecule has 0 saturated heterocycles. The van der Waals surface area contributed by atoms with Crippen molar-refractivity contribution >= 4 is 9.04 Å². The van der Waals surface area contributed by atoms with E-state index in [1.54, 1.807) is 0 Å². The number of unbranched alkanes of at least 4 members (excludes halogenated alkanes) is 11. The molecular weight excluding hydrogens is 324 g/mol. The summed E-state index contributed by atoms with van der Waals surface area (Å²) in [6.07, 6.45) is 19.1. The number of rotatable bonds is 21. The van der Waals surface area contributed by atoms with Crippen LogP contribution in [0.15, 0.2) is 0 Å². The molecule has 0 unspecified atom stereocenters. The third kappa shape index (κ3) is 20.3. The minimum absolute atomic E-state index is 0.563. The van der Waals surface area contributed by atoms with E-state index >= 15 is 0 Å². The normalized spacial score (nSPS) is 11.5. The van der Waals surface area contributed by atoms with Crippen LogP contribution < -0.4 is 0 Å². The average Bonchev–Trinajstić information content (AvgIpc) is 2.63. The van der Waals surface area contributed by atoms with Gasteiger partial charge in [-0.3, -0.25) is 0 Å². The van der Waals surface area contributed by atoms with E-state index in [1.165, 1.54) is 95.6 Å². The molecule has 151 valence electrons. The lowest BCUT2D eigenvalue weighted by Crippen LogP contribution is -2.19. The van der Waals surface area contributed by atoms with E-state index in [9.17, 15) is 0 Å². The first kappa shape index (κ1) is 25.1. The van der Waals surface area contributed by atoms with E-state index in [0.717, 1.165) is 26.2 Å². The summed E-state index contributed by atoms with van der Waals surface area (Å²) in [5, 5.41) is 0. The molecule has 0 amide bonds. The molecule has 0 aromatic carbocycles. The highest BCUT2D eigenvalue weighted by molar-refractivity contribution is 6.51. The van der Waals surface area contributed by atoms with Crippen LogP contribution in [0, 0.1) is 0 Å². The van der Waals surface area contributed by atoms with Gasteiger partial charge in [0.05, 0.1) is 0 Å². The molecule has 0 aliphatic rings. The molecule has 0 heterocycles. The maximum absolute atomic E-state index is 6.32. The Hall–Kier alpha value is 0.137. The molecule has 1 radical (unpaired) electrons. The monoisotopic (exact) mass is 371 g/mol. The van der Waals surface area contributed by atoms with Crippen molar-refractivity contribution in [3.63, 3.8) is 0 Å². The fraction of sp³-hybridized carbons (Fsp3) is 1.00. The van der Waals surface area contributed by atoms with Crippen molar-refractivity contribution in [2.75, 3.05) is 19.8 Å². The molecule has 0 saturated carbocycles. The van der Waals surface area contributed by atoms with E-state index in [-0.39, 0.29) is 0 Å². The Bertz CT molecular complexity index is 198. The molecule has 0 N–H and O–H groups in total. The minimum Gasteiger partial charge on any atom is -0.417 e. The van der Waals surface area contributed by atoms with Crippen molar-refractivity contribution in [1.29, 1.82) is 0 Å². The summed E-state index contributed by atoms with van der Waals surface area (Å²) in [6, 6.07) is 2.74. The largest absolute Gasteiger partial charge is 0.417 e. The quantitative estimate of drug-likeness (QED) is 0.153. The van der Waals surface area contributed by atoms with E-state index in [2.05, 4.69) is 20.8 Å². The molecule has 0 aromatic rings. The lowest BCUT2D eigenvalue weighted by Gasteiger charge is -2.16. The fourth-order valence-electron chi connectivity index (χ4n) is 3.14. The zero-order valence-corrected chi connectivity index (χ0v) is 18.8. The second-order valence-corrected chi connectivity index (χ2v) is 9.69. The van der Waals surface area contributed by atoms with Crippen molar-refractivity contribution in [1.82, 2.24) is 0 Å². The molecule has 25 heavy (non-hydrogen) atoms. The van der Waals surface area contributed by atoms with E-state index in [0.29, 0.717) is 0 Å². The molecule has 0 atom stereocenters. The van der Waals surface area contributed by atoms with Crippen LogP contribution in [-0.4, -0.2) is 28.9 Å². The maximum atomic E-state index is 6.32. The summed E-state index contributed by atoms with van der Waals surface area (Å²) in [7, 11) is -0.563. The molecule has 3 heteroatoms. The minimum atomic E-state index is -0.563. The summed E-state index contributed by atoms with van der Waals surface area (Å²) in [5.41, 5.74) is 0. The van der Waals surface area contributed by atoms with Crippen molar-refractivity contribution in [2.24, 2.45) is 0 Å². The van der Waals surface area contributed by atoms with Gasteiger partial charge in [0.25, 0.3) is 0 Å². The molecule has 0 rings (SSSR count). The summed E-state index contributed by atoms with van der Waals surface area (Å²) in [4.78, 5) is 0. The van der Waals surface area contributed by atoms with Crippen LogP contribution in [0.1, 0.15) is 111 Å². The highest BCUT2D eigenvalue weighted by atomic mass is 28.3. The maximum Gasteiger partial charge on any atom is 0.211 e. The third-order valence-corrected chi connectivity index (χ3v) is 7.25. The standard InChI is InChI=1S/C22H47O2Si/c1-4-7-9-11-13-17-21-25(22-18-14-12-10-8-5-2)24-20-16-15-19-23-6-3/h4-22H2,1-3H3. The van der Waals surface area contributed by atoms with Gasteiger partial charge in [-0.15, -0.1) is 0 Å². The van der Waals surface area contributed by atoms with Gasteiger partial charge in [0, 0.05) is 19.8 Å². The first-order valence-electron chi connectivity index (χ1n) is 11.4. The van der Waals surface area contributed by atoms with Crippen LogP contribution in [0.3, 0.4) is 0 Å². The van der Waals surface area contributed by atoms with Crippen LogP contribution in [0.4, 0.5) is 0 Å². The Morgan fingerprint density at radius 1 is 0.520 bits per heavy atom. The highest BCUT2D eigenvalue weighted by Crippen LogP contribution is 2.16. The van der Waals surface area contributed by atoms with Gasteiger partial charge in [0.2, 0.25) is 9.04 Å². The van der Waals surface area contributed by atoms with Crippen LogP contribution in [-0.2, 0) is 9.16 Å². The van der Waals surface area contributed by atoms with Gasteiger partial charge in [-0.25, -0.2) is 0 Å². The summed E-state index contributed by atoms with van der Waals surface area (Å²) in [5.74, 6) is 0. The number of hydrogen-bond acceptors (Lipinski definition) is 2. The SMILES string of the molecule is CCCCCCCC[Si](CCCCCCCC)OCCCCOCC. The van der Waals surface area contributed by atoms with Gasteiger partial charge in [0.15, 0.2) is 0 Å². The van der Waals surface area contributed by atoms with E-state index in [4.69, 9.17) is 9.16 Å². The average molecular weight is 372 g/mol. The van der Waals surface area contributed by atoms with Crippen molar-refractivity contribution in [2.45, 2.75) is 123 Å². The van der Waals surface area contributed by atoms with Crippen LogP contribution in [0.25, 0.3) is 0 Å². The Labute approximate surface area is 161 Å². The highest BCUT2D eigenvalue weighted by Gasteiger charge is 2.12. The second kappa shape index (κ2) is 22.2. The molecule has 2 nitrogen and oxygen atoms in total. The first-order chi connectivity index (χ1) is 12.3. The van der Waals surface area contributed by atoms with Gasteiger partial charge in [-0.05, 0) is 31.9 Å². The second-order valence-electron chi connectivity index (χ2n) is 7.33. The topological polar surface area (TPSA) is 18.5 Å². The summed E-state index contributed by atoms with van der Waals surface area (Å²) < 4.78 is 11.7. The lowest BCUT2D eigenvalue weighted by molar-refractivity contribution is 0.138. The Balaban J connectivity index is 3.76. The Morgan fingerprint density at radius 3 is 1.52 bits per heavy atom. The Morgan fingerprint density at radius 2 is 1.00 bits per heavy atom. The number of hydrogen-bond donors (Lipinski definition) is 0. The van der Waals surface area contributed by atoms with Gasteiger partial charge >= 0.3 is 0 Å². The first-order valence-corrected chi connectivity index (χ1v) is 13.2.